The summed E-state index contributed by atoms with van der Waals surface area (Å²) in [5.74, 6) is 0.0746. The molecule has 1 aromatic heterocycles. The number of aromatic nitrogens is 1. The minimum Gasteiger partial charge on any atom is -0.358 e. The summed E-state index contributed by atoms with van der Waals surface area (Å²) < 4.78 is 1.20. The number of carbonyl (C=O) groups is 1. The normalized spacial score (nSPS) is 17.6. The van der Waals surface area contributed by atoms with Crippen LogP contribution in [0.5, 0.6) is 0 Å². The molecule has 5 heteroatoms. The zero-order chi connectivity index (χ0) is 16.5. The van der Waals surface area contributed by atoms with Crippen molar-refractivity contribution in [1.82, 2.24) is 15.2 Å². The fourth-order valence-corrected chi connectivity index (χ4v) is 4.32. The van der Waals surface area contributed by atoms with Crippen LogP contribution in [0.3, 0.4) is 0 Å². The number of thiazole rings is 1. The minimum atomic E-state index is -0.142. The van der Waals surface area contributed by atoms with Gasteiger partial charge in [-0.2, -0.15) is 0 Å². The van der Waals surface area contributed by atoms with Crippen LogP contribution in [0.25, 0.3) is 10.2 Å². The topological polar surface area (TPSA) is 45.2 Å². The van der Waals surface area contributed by atoms with E-state index in [1.54, 1.807) is 18.4 Å². The van der Waals surface area contributed by atoms with E-state index in [2.05, 4.69) is 34.5 Å². The van der Waals surface area contributed by atoms with E-state index in [9.17, 15) is 4.79 Å². The van der Waals surface area contributed by atoms with E-state index in [4.69, 9.17) is 4.98 Å². The Morgan fingerprint density at radius 2 is 1.96 bits per heavy atom. The zero-order valence-corrected chi connectivity index (χ0v) is 14.3. The van der Waals surface area contributed by atoms with Gasteiger partial charge in [0.15, 0.2) is 0 Å². The van der Waals surface area contributed by atoms with Crippen molar-refractivity contribution < 1.29 is 4.79 Å². The summed E-state index contributed by atoms with van der Waals surface area (Å²) in [7, 11) is 1.71. The molecule has 0 saturated carbocycles. The van der Waals surface area contributed by atoms with E-state index in [-0.39, 0.29) is 11.9 Å². The number of carbonyl (C=O) groups excluding carboxylic acids is 1. The molecule has 2 aromatic carbocycles. The summed E-state index contributed by atoms with van der Waals surface area (Å²) in [5, 5.41) is 3.87. The predicted molar refractivity (Wildman–Crippen MR) is 96.9 cm³/mol. The van der Waals surface area contributed by atoms with Crippen molar-refractivity contribution in [3.63, 3.8) is 0 Å². The molecule has 0 unspecified atom stereocenters. The van der Waals surface area contributed by atoms with Gasteiger partial charge in [0.25, 0.3) is 0 Å². The Balaban J connectivity index is 1.64. The zero-order valence-electron chi connectivity index (χ0n) is 13.5. The van der Waals surface area contributed by atoms with Crippen LogP contribution in [-0.4, -0.2) is 28.9 Å². The number of benzene rings is 2. The van der Waals surface area contributed by atoms with E-state index >= 15 is 0 Å². The number of hydrogen-bond donors (Lipinski definition) is 1. The lowest BCUT2D eigenvalue weighted by Gasteiger charge is -2.35. The highest BCUT2D eigenvalue weighted by Gasteiger charge is 2.31. The summed E-state index contributed by atoms with van der Waals surface area (Å²) in [5.41, 5.74) is 3.61. The molecule has 0 saturated heterocycles. The summed E-state index contributed by atoms with van der Waals surface area (Å²) in [4.78, 5) is 19.3. The lowest BCUT2D eigenvalue weighted by Crippen LogP contribution is -2.49. The molecular formula is C19H19N3OS. The van der Waals surface area contributed by atoms with E-state index in [0.717, 1.165) is 23.5 Å². The second-order valence-electron chi connectivity index (χ2n) is 6.08. The molecule has 0 bridgehead atoms. The number of likely N-dealkylation sites (N-methyl/N-ethyl adjacent to an activating group) is 1. The van der Waals surface area contributed by atoms with Crippen molar-refractivity contribution >= 4 is 27.5 Å². The maximum atomic E-state index is 12.4. The number of hydrogen-bond acceptors (Lipinski definition) is 4. The fraction of sp³-hybridized carbons (Fsp3) is 0.263. The molecule has 1 aliphatic heterocycles. The van der Waals surface area contributed by atoms with Crippen LogP contribution in [0.4, 0.5) is 0 Å². The van der Waals surface area contributed by atoms with Crippen LogP contribution < -0.4 is 5.32 Å². The van der Waals surface area contributed by atoms with Gasteiger partial charge in [0.1, 0.15) is 5.01 Å². The molecule has 4 rings (SSSR count). The Labute approximate surface area is 145 Å². The lowest BCUT2D eigenvalue weighted by molar-refractivity contribution is -0.126. The SMILES string of the molecule is CNC(=O)[C@H]1Cc2ccccc2CN1Cc1nc2ccccc2s1. The molecule has 1 N–H and O–H groups in total. The fourth-order valence-electron chi connectivity index (χ4n) is 3.33. The highest BCUT2D eigenvalue weighted by molar-refractivity contribution is 7.18. The molecule has 1 amide bonds. The van der Waals surface area contributed by atoms with Gasteiger partial charge >= 0.3 is 0 Å². The number of nitrogens with one attached hydrogen (secondary N) is 1. The summed E-state index contributed by atoms with van der Waals surface area (Å²) in [6.07, 6.45) is 0.751. The van der Waals surface area contributed by atoms with E-state index < -0.39 is 0 Å². The third-order valence-corrected chi connectivity index (χ3v) is 5.59. The Morgan fingerprint density at radius 1 is 1.21 bits per heavy atom. The average Bonchev–Trinajstić information content (AvgIpc) is 3.02. The van der Waals surface area contributed by atoms with Crippen molar-refractivity contribution in [3.8, 4) is 0 Å². The van der Waals surface area contributed by atoms with Gasteiger partial charge < -0.3 is 5.32 Å². The first-order valence-electron chi connectivity index (χ1n) is 8.11. The molecular weight excluding hydrogens is 318 g/mol. The van der Waals surface area contributed by atoms with E-state index in [0.29, 0.717) is 6.54 Å². The first-order valence-corrected chi connectivity index (χ1v) is 8.93. The van der Waals surface area contributed by atoms with Crippen LogP contribution in [0, 0.1) is 0 Å². The standard InChI is InChI=1S/C19H19N3OS/c1-20-19(23)16-10-13-6-2-3-7-14(13)11-22(16)12-18-21-15-8-4-5-9-17(15)24-18/h2-9,16H,10-12H2,1H3,(H,20,23)/t16-/m1/s1. The third kappa shape index (κ3) is 2.81. The van der Waals surface area contributed by atoms with E-state index in [1.807, 2.05) is 24.3 Å². The number of rotatable bonds is 3. The van der Waals surface area contributed by atoms with Gasteiger partial charge in [0, 0.05) is 13.6 Å². The first-order chi connectivity index (χ1) is 11.7. The molecule has 4 nitrogen and oxygen atoms in total. The van der Waals surface area contributed by atoms with Gasteiger partial charge in [-0.05, 0) is 29.7 Å². The predicted octanol–water partition coefficient (Wildman–Crippen LogP) is 2.97. The second-order valence-corrected chi connectivity index (χ2v) is 7.20. The monoisotopic (exact) mass is 337 g/mol. The quantitative estimate of drug-likeness (QED) is 0.799. The van der Waals surface area contributed by atoms with Gasteiger partial charge in [-0.15, -0.1) is 11.3 Å². The van der Waals surface area contributed by atoms with Crippen LogP contribution in [0.15, 0.2) is 48.5 Å². The Kier molecular flexibility index (Phi) is 4.04. The van der Waals surface area contributed by atoms with Crippen molar-refractivity contribution in [1.29, 1.82) is 0 Å². The van der Waals surface area contributed by atoms with Gasteiger partial charge in [-0.1, -0.05) is 36.4 Å². The molecule has 1 atom stereocenters. The Bertz CT molecular complexity index is 856. The van der Waals surface area contributed by atoms with E-state index in [1.165, 1.54) is 15.8 Å². The molecule has 0 aliphatic carbocycles. The molecule has 3 aromatic rings. The largest absolute Gasteiger partial charge is 0.358 e. The summed E-state index contributed by atoms with van der Waals surface area (Å²) >= 11 is 1.71. The lowest BCUT2D eigenvalue weighted by atomic mass is 9.93. The number of amides is 1. The molecule has 2 heterocycles. The van der Waals surface area contributed by atoms with Crippen LogP contribution in [-0.2, 0) is 24.3 Å². The number of nitrogens with zero attached hydrogens (tertiary/aromatic N) is 2. The maximum absolute atomic E-state index is 12.4. The van der Waals surface area contributed by atoms with Gasteiger partial charge in [0.05, 0.1) is 22.8 Å². The van der Waals surface area contributed by atoms with Crippen molar-refractivity contribution in [2.75, 3.05) is 7.05 Å². The average molecular weight is 337 g/mol. The Morgan fingerprint density at radius 3 is 2.75 bits per heavy atom. The smallest absolute Gasteiger partial charge is 0.237 e. The summed E-state index contributed by atoms with van der Waals surface area (Å²) in [6, 6.07) is 16.4. The molecule has 0 radical (unpaired) electrons. The van der Waals surface area contributed by atoms with Gasteiger partial charge in [0.2, 0.25) is 5.91 Å². The second kappa shape index (κ2) is 6.34. The van der Waals surface area contributed by atoms with Crippen molar-refractivity contribution in [3.05, 3.63) is 64.7 Å². The van der Waals surface area contributed by atoms with Crippen molar-refractivity contribution in [2.24, 2.45) is 0 Å². The Hall–Kier alpha value is -2.24. The molecule has 0 spiro atoms. The van der Waals surface area contributed by atoms with Gasteiger partial charge in [-0.25, -0.2) is 4.98 Å². The van der Waals surface area contributed by atoms with Gasteiger partial charge in [-0.3, -0.25) is 9.69 Å². The van der Waals surface area contributed by atoms with Crippen LogP contribution in [0.2, 0.25) is 0 Å². The first kappa shape index (κ1) is 15.3. The molecule has 1 aliphatic rings. The molecule has 24 heavy (non-hydrogen) atoms. The summed E-state index contributed by atoms with van der Waals surface area (Å²) in [6.45, 7) is 1.48. The van der Waals surface area contributed by atoms with Crippen LogP contribution >= 0.6 is 11.3 Å². The van der Waals surface area contributed by atoms with Crippen molar-refractivity contribution in [2.45, 2.75) is 25.6 Å². The minimum absolute atomic E-state index is 0.0746. The van der Waals surface area contributed by atoms with Crippen LogP contribution in [0.1, 0.15) is 16.1 Å². The third-order valence-electron chi connectivity index (χ3n) is 4.57. The number of para-hydroxylation sites is 1. The molecule has 0 fully saturated rings. The highest BCUT2D eigenvalue weighted by atomic mass is 32.1. The highest BCUT2D eigenvalue weighted by Crippen LogP contribution is 2.28. The maximum Gasteiger partial charge on any atom is 0.237 e. The number of fused-ring (bicyclic) bond motifs is 2. The molecule has 122 valence electrons.